The Hall–Kier alpha value is -4.52. The largest absolute Gasteiger partial charge is 0.352 e. The Bertz CT molecular complexity index is 1660. The molecule has 7 heteroatoms. The summed E-state index contributed by atoms with van der Waals surface area (Å²) in [4.78, 5) is 26.3. The third kappa shape index (κ3) is 5.39. The van der Waals surface area contributed by atoms with Crippen LogP contribution in [0.15, 0.2) is 84.0 Å². The number of nitrogens with one attached hydrogen (secondary N) is 2. The number of hydrogen-bond donors (Lipinski definition) is 2. The molecule has 1 aromatic heterocycles. The highest BCUT2D eigenvalue weighted by molar-refractivity contribution is 5.89. The molecule has 1 aliphatic heterocycles. The molecule has 2 N–H and O–H groups in total. The van der Waals surface area contributed by atoms with E-state index >= 15 is 0 Å². The number of para-hydroxylation sites is 2. The summed E-state index contributed by atoms with van der Waals surface area (Å²) < 4.78 is 2.23. The first-order valence-electron chi connectivity index (χ1n) is 13.6. The second kappa shape index (κ2) is 10.7. The zero-order chi connectivity index (χ0) is 26.8. The summed E-state index contributed by atoms with van der Waals surface area (Å²) in [6, 6.07) is 24.7. The van der Waals surface area contributed by atoms with Crippen LogP contribution >= 0.6 is 0 Å². The maximum atomic E-state index is 11.6. The summed E-state index contributed by atoms with van der Waals surface area (Å²) >= 11 is 0. The van der Waals surface area contributed by atoms with Crippen LogP contribution in [0.25, 0.3) is 28.1 Å². The highest BCUT2D eigenvalue weighted by Crippen LogP contribution is 2.31. The van der Waals surface area contributed by atoms with Crippen molar-refractivity contribution >= 4 is 34.0 Å². The van der Waals surface area contributed by atoms with Gasteiger partial charge in [0, 0.05) is 24.0 Å². The van der Waals surface area contributed by atoms with Gasteiger partial charge >= 0.3 is 0 Å². The summed E-state index contributed by atoms with van der Waals surface area (Å²) in [7, 11) is 0. The van der Waals surface area contributed by atoms with Gasteiger partial charge in [0.05, 0.1) is 51.4 Å². The van der Waals surface area contributed by atoms with E-state index in [1.807, 2.05) is 67.7 Å². The van der Waals surface area contributed by atoms with Crippen molar-refractivity contribution in [3.8, 4) is 17.1 Å². The molecule has 3 aromatic rings. The third-order valence-electron chi connectivity index (χ3n) is 7.23. The SMILES string of the molecule is CC(=O)Nc1ccc(-n2c3cc(=NC4CCCCC4)c(Nc4ccc(C)nc4)cc-3nc3ccccc32)cc1. The zero-order valence-corrected chi connectivity index (χ0v) is 22.3. The van der Waals surface area contributed by atoms with Gasteiger partial charge in [-0.25, -0.2) is 4.98 Å². The molecule has 6 rings (SSSR count). The number of pyridine rings is 1. The molecule has 0 bridgehead atoms. The van der Waals surface area contributed by atoms with Gasteiger partial charge in [0.2, 0.25) is 5.91 Å². The Balaban J connectivity index is 1.57. The van der Waals surface area contributed by atoms with Crippen LogP contribution in [0, 0.1) is 6.92 Å². The maximum absolute atomic E-state index is 11.6. The number of amides is 1. The normalized spacial score (nSPS) is 14.6. The molecule has 39 heavy (non-hydrogen) atoms. The predicted molar refractivity (Wildman–Crippen MR) is 157 cm³/mol. The Morgan fingerprint density at radius 1 is 0.949 bits per heavy atom. The van der Waals surface area contributed by atoms with E-state index in [2.05, 4.69) is 38.4 Å². The van der Waals surface area contributed by atoms with Crippen molar-refractivity contribution in [1.82, 2.24) is 14.5 Å². The predicted octanol–water partition coefficient (Wildman–Crippen LogP) is 6.77. The van der Waals surface area contributed by atoms with Crippen LogP contribution in [-0.2, 0) is 4.79 Å². The molecule has 1 fully saturated rings. The summed E-state index contributed by atoms with van der Waals surface area (Å²) in [5.41, 5.74) is 8.31. The van der Waals surface area contributed by atoms with Crippen LogP contribution in [0.1, 0.15) is 44.7 Å². The molecule has 0 unspecified atom stereocenters. The van der Waals surface area contributed by atoms with Crippen LogP contribution in [0.4, 0.5) is 17.1 Å². The highest BCUT2D eigenvalue weighted by atomic mass is 16.1. The zero-order valence-electron chi connectivity index (χ0n) is 22.3. The Morgan fingerprint density at radius 2 is 1.72 bits per heavy atom. The topological polar surface area (TPSA) is 84.2 Å². The number of rotatable bonds is 5. The van der Waals surface area contributed by atoms with Crippen LogP contribution in [0.3, 0.4) is 0 Å². The minimum absolute atomic E-state index is 0.0898. The number of aryl methyl sites for hydroxylation is 1. The smallest absolute Gasteiger partial charge is 0.221 e. The molecule has 0 radical (unpaired) electrons. The molecule has 0 atom stereocenters. The average molecular weight is 517 g/mol. The van der Waals surface area contributed by atoms with Gasteiger partial charge in [-0.2, -0.15) is 0 Å². The monoisotopic (exact) mass is 516 g/mol. The second-order valence-electron chi connectivity index (χ2n) is 10.3. The van der Waals surface area contributed by atoms with Gasteiger partial charge in [-0.1, -0.05) is 31.4 Å². The maximum Gasteiger partial charge on any atom is 0.221 e. The minimum Gasteiger partial charge on any atom is -0.352 e. The van der Waals surface area contributed by atoms with Gasteiger partial charge in [0.25, 0.3) is 0 Å². The molecule has 0 saturated heterocycles. The summed E-state index contributed by atoms with van der Waals surface area (Å²) in [6.45, 7) is 3.50. The van der Waals surface area contributed by atoms with Crippen molar-refractivity contribution in [2.75, 3.05) is 10.6 Å². The van der Waals surface area contributed by atoms with E-state index in [1.165, 1.54) is 26.2 Å². The number of carbonyl (C=O) groups excluding carboxylic acids is 1. The Labute approximate surface area is 228 Å². The molecule has 0 spiro atoms. The van der Waals surface area contributed by atoms with Crippen molar-refractivity contribution in [3.05, 3.63) is 90.0 Å². The lowest BCUT2D eigenvalue weighted by atomic mass is 9.96. The fourth-order valence-corrected chi connectivity index (χ4v) is 5.33. The van der Waals surface area contributed by atoms with Gasteiger partial charge in [-0.05, 0) is 80.4 Å². The highest BCUT2D eigenvalue weighted by Gasteiger charge is 2.18. The quantitative estimate of drug-likeness (QED) is 0.253. The summed E-state index contributed by atoms with van der Waals surface area (Å²) in [5.74, 6) is -0.0898. The van der Waals surface area contributed by atoms with Gasteiger partial charge in [-0.15, -0.1) is 0 Å². The summed E-state index contributed by atoms with van der Waals surface area (Å²) in [5, 5.41) is 7.35. The van der Waals surface area contributed by atoms with E-state index < -0.39 is 0 Å². The number of anilines is 3. The van der Waals surface area contributed by atoms with E-state index in [4.69, 9.17) is 9.98 Å². The van der Waals surface area contributed by atoms with Gasteiger partial charge < -0.3 is 15.2 Å². The van der Waals surface area contributed by atoms with Crippen molar-refractivity contribution in [1.29, 1.82) is 0 Å². The van der Waals surface area contributed by atoms with E-state index in [0.717, 1.165) is 69.1 Å². The molecule has 1 saturated carbocycles. The van der Waals surface area contributed by atoms with Gasteiger partial charge in [0.15, 0.2) is 0 Å². The number of carbonyl (C=O) groups is 1. The molecule has 7 nitrogen and oxygen atoms in total. The molecule has 2 aromatic carbocycles. The van der Waals surface area contributed by atoms with Crippen molar-refractivity contribution in [2.24, 2.45) is 4.99 Å². The van der Waals surface area contributed by atoms with E-state index in [-0.39, 0.29) is 5.91 Å². The van der Waals surface area contributed by atoms with Crippen molar-refractivity contribution in [3.63, 3.8) is 0 Å². The van der Waals surface area contributed by atoms with Crippen molar-refractivity contribution < 1.29 is 4.79 Å². The van der Waals surface area contributed by atoms with Crippen LogP contribution in [-0.4, -0.2) is 26.5 Å². The molecule has 2 aliphatic carbocycles. The third-order valence-corrected chi connectivity index (χ3v) is 7.23. The molecule has 196 valence electrons. The minimum atomic E-state index is -0.0898. The van der Waals surface area contributed by atoms with Gasteiger partial charge in [-0.3, -0.25) is 14.8 Å². The molecule has 1 amide bonds. The fraction of sp³-hybridized carbons (Fsp3) is 0.250. The lowest BCUT2D eigenvalue weighted by Gasteiger charge is -2.22. The Kier molecular flexibility index (Phi) is 6.80. The molecular formula is C32H32N6O. The molecule has 3 aliphatic rings. The number of aromatic nitrogens is 3. The van der Waals surface area contributed by atoms with Crippen molar-refractivity contribution in [2.45, 2.75) is 52.0 Å². The van der Waals surface area contributed by atoms with Gasteiger partial charge in [0.1, 0.15) is 0 Å². The first-order valence-corrected chi connectivity index (χ1v) is 13.6. The molecular weight excluding hydrogens is 484 g/mol. The first kappa shape index (κ1) is 24.8. The number of nitrogens with zero attached hydrogens (tertiary/aromatic N) is 4. The van der Waals surface area contributed by atoms with E-state index in [1.54, 1.807) is 0 Å². The van der Waals surface area contributed by atoms with Crippen LogP contribution in [0.2, 0.25) is 0 Å². The average Bonchev–Trinajstić information content (AvgIpc) is 2.94. The van der Waals surface area contributed by atoms with Crippen LogP contribution in [0.5, 0.6) is 0 Å². The second-order valence-corrected chi connectivity index (χ2v) is 10.3. The number of benzene rings is 3. The first-order chi connectivity index (χ1) is 19.0. The number of fused-ring (bicyclic) bond motifs is 2. The fourth-order valence-electron chi connectivity index (χ4n) is 5.33. The lowest BCUT2D eigenvalue weighted by Crippen LogP contribution is -2.19. The Morgan fingerprint density at radius 3 is 2.46 bits per heavy atom. The van der Waals surface area contributed by atoms with Crippen LogP contribution < -0.4 is 16.0 Å². The summed E-state index contributed by atoms with van der Waals surface area (Å²) in [6.07, 6.45) is 7.82. The molecule has 2 heterocycles. The standard InChI is InChI=1S/C32H32N6O/c1-21-12-13-25(20-33-21)36-28-18-30-32(19-29(28)35-23-8-4-3-5-9-23)38(31-11-7-6-10-27(31)37-30)26-16-14-24(15-17-26)34-22(2)39/h6-7,10-20,23,36H,3-5,8-9H2,1-2H3,(H,34,39). The lowest BCUT2D eigenvalue weighted by molar-refractivity contribution is -0.114. The number of hydrogen-bond acceptors (Lipinski definition) is 5. The van der Waals surface area contributed by atoms with E-state index in [9.17, 15) is 4.79 Å². The van der Waals surface area contributed by atoms with E-state index in [0.29, 0.717) is 6.04 Å².